The van der Waals surface area contributed by atoms with Gasteiger partial charge in [-0.15, -0.1) is 0 Å². The summed E-state index contributed by atoms with van der Waals surface area (Å²) in [5.41, 5.74) is 4.63. The van der Waals surface area contributed by atoms with Crippen LogP contribution in [-0.2, 0) is 10.3 Å². The monoisotopic (exact) mass is 295 g/mol. The minimum Gasteiger partial charge on any atom is -0.496 e. The van der Waals surface area contributed by atoms with Gasteiger partial charge in [-0.05, 0) is 32.0 Å². The van der Waals surface area contributed by atoms with E-state index in [1.165, 1.54) is 13.2 Å². The number of nitrogens with zero attached hydrogens (tertiary/aromatic N) is 1. The average Bonchev–Trinajstić information content (AvgIpc) is 2.75. The van der Waals surface area contributed by atoms with Gasteiger partial charge in [0.15, 0.2) is 0 Å². The number of halogens is 1. The summed E-state index contributed by atoms with van der Waals surface area (Å²) < 4.78 is 19.7. The van der Waals surface area contributed by atoms with Crippen LogP contribution in [0, 0.1) is 5.82 Å². The molecule has 0 radical (unpaired) electrons. The van der Waals surface area contributed by atoms with E-state index in [9.17, 15) is 9.18 Å². The topological polar surface area (TPSA) is 67.6 Å². The Hall–Kier alpha value is -1.66. The van der Waals surface area contributed by atoms with Gasteiger partial charge in [0.25, 0.3) is 0 Å². The maximum atomic E-state index is 14.4. The molecule has 6 heteroatoms. The zero-order valence-electron chi connectivity index (χ0n) is 12.5. The fraction of sp³-hybridized carbons (Fsp3) is 0.533. The summed E-state index contributed by atoms with van der Waals surface area (Å²) in [6.45, 7) is 4.57. The van der Waals surface area contributed by atoms with Crippen molar-refractivity contribution in [1.29, 1.82) is 0 Å². The number of hydrogen-bond acceptors (Lipinski definition) is 4. The Morgan fingerprint density at radius 1 is 1.43 bits per heavy atom. The van der Waals surface area contributed by atoms with Gasteiger partial charge in [0, 0.05) is 19.6 Å². The Bertz CT molecular complexity index is 516. The van der Waals surface area contributed by atoms with Crippen molar-refractivity contribution in [3.63, 3.8) is 0 Å². The summed E-state index contributed by atoms with van der Waals surface area (Å²) in [6.07, 6.45) is 0.875. The molecule has 116 valence electrons. The van der Waals surface area contributed by atoms with E-state index in [0.29, 0.717) is 18.8 Å². The van der Waals surface area contributed by atoms with Gasteiger partial charge in [0.1, 0.15) is 17.1 Å². The van der Waals surface area contributed by atoms with Gasteiger partial charge in [0.2, 0.25) is 5.91 Å². The molecule has 1 amide bonds. The van der Waals surface area contributed by atoms with Crippen molar-refractivity contribution in [2.45, 2.75) is 18.9 Å². The minimum atomic E-state index is -1.23. The van der Waals surface area contributed by atoms with Crippen molar-refractivity contribution < 1.29 is 13.9 Å². The summed E-state index contributed by atoms with van der Waals surface area (Å²) in [5.74, 6) is -0.714. The van der Waals surface area contributed by atoms with Gasteiger partial charge >= 0.3 is 0 Å². The summed E-state index contributed by atoms with van der Waals surface area (Å²) in [6, 6.07) is 4.54. The molecule has 1 aromatic rings. The molecular weight excluding hydrogens is 273 g/mol. The molecule has 1 aromatic carbocycles. The summed E-state index contributed by atoms with van der Waals surface area (Å²) >= 11 is 0. The Morgan fingerprint density at radius 3 is 2.86 bits per heavy atom. The quantitative estimate of drug-likeness (QED) is 0.863. The van der Waals surface area contributed by atoms with E-state index in [0.717, 1.165) is 19.5 Å². The van der Waals surface area contributed by atoms with Gasteiger partial charge < -0.3 is 15.8 Å². The Labute approximate surface area is 124 Å². The summed E-state index contributed by atoms with van der Waals surface area (Å²) in [4.78, 5) is 14.1. The lowest BCUT2D eigenvalue weighted by molar-refractivity contribution is -0.130. The number of benzene rings is 1. The largest absolute Gasteiger partial charge is 0.496 e. The second-order valence-electron chi connectivity index (χ2n) is 5.34. The van der Waals surface area contributed by atoms with Crippen molar-refractivity contribution in [2.75, 3.05) is 33.3 Å². The SMILES string of the molecule is COc1cccc(F)c1C(C)(C(N)=O)N1CCCNCC1. The Balaban J connectivity index is 2.54. The third kappa shape index (κ3) is 2.87. The number of rotatable bonds is 4. The van der Waals surface area contributed by atoms with Gasteiger partial charge in [-0.2, -0.15) is 0 Å². The normalized spacial score (nSPS) is 19.6. The smallest absolute Gasteiger partial charge is 0.242 e. The number of ether oxygens (including phenoxy) is 1. The van der Waals surface area contributed by atoms with Crippen LogP contribution in [0.5, 0.6) is 5.75 Å². The molecule has 2 rings (SSSR count). The van der Waals surface area contributed by atoms with Gasteiger partial charge in [-0.1, -0.05) is 6.07 Å². The zero-order chi connectivity index (χ0) is 15.5. The number of carbonyl (C=O) groups excluding carboxylic acids is 1. The number of nitrogens with two attached hydrogens (primary N) is 1. The molecule has 5 nitrogen and oxygen atoms in total. The minimum absolute atomic E-state index is 0.210. The van der Waals surface area contributed by atoms with Gasteiger partial charge in [-0.25, -0.2) is 4.39 Å². The third-order valence-electron chi connectivity index (χ3n) is 4.13. The van der Waals surface area contributed by atoms with Crippen LogP contribution < -0.4 is 15.8 Å². The molecule has 1 fully saturated rings. The first-order chi connectivity index (χ1) is 10.0. The number of methoxy groups -OCH3 is 1. The molecule has 1 saturated heterocycles. The Morgan fingerprint density at radius 2 is 2.19 bits per heavy atom. The molecule has 1 unspecified atom stereocenters. The fourth-order valence-electron chi connectivity index (χ4n) is 2.88. The lowest BCUT2D eigenvalue weighted by atomic mass is 9.87. The van der Waals surface area contributed by atoms with Crippen LogP contribution in [0.25, 0.3) is 0 Å². The molecule has 1 aliphatic rings. The van der Waals surface area contributed by atoms with E-state index in [4.69, 9.17) is 10.5 Å². The molecule has 1 atom stereocenters. The van der Waals surface area contributed by atoms with Crippen molar-refractivity contribution in [3.8, 4) is 5.75 Å². The standard InChI is InChI=1S/C15H22FN3O2/c1-15(14(17)20,19-9-4-7-18-8-10-19)13-11(16)5-3-6-12(13)21-2/h3,5-6,18H,4,7-10H2,1-2H3,(H2,17,20). The number of primary amides is 1. The first-order valence-electron chi connectivity index (χ1n) is 7.10. The van der Waals surface area contributed by atoms with E-state index in [1.807, 2.05) is 4.90 Å². The average molecular weight is 295 g/mol. The van der Waals surface area contributed by atoms with Crippen LogP contribution in [0.3, 0.4) is 0 Å². The highest BCUT2D eigenvalue weighted by molar-refractivity contribution is 5.86. The molecule has 1 heterocycles. The van der Waals surface area contributed by atoms with Crippen LogP contribution in [-0.4, -0.2) is 44.1 Å². The van der Waals surface area contributed by atoms with Crippen LogP contribution in [0.1, 0.15) is 18.9 Å². The fourth-order valence-corrected chi connectivity index (χ4v) is 2.88. The van der Waals surface area contributed by atoms with Crippen molar-refractivity contribution in [2.24, 2.45) is 5.73 Å². The van der Waals surface area contributed by atoms with E-state index < -0.39 is 17.3 Å². The highest BCUT2D eigenvalue weighted by atomic mass is 19.1. The highest BCUT2D eigenvalue weighted by Gasteiger charge is 2.43. The summed E-state index contributed by atoms with van der Waals surface area (Å²) in [5, 5.41) is 3.26. The molecule has 1 aliphatic heterocycles. The molecule has 0 bridgehead atoms. The van der Waals surface area contributed by atoms with Crippen molar-refractivity contribution in [1.82, 2.24) is 10.2 Å². The number of hydrogen-bond donors (Lipinski definition) is 2. The van der Waals surface area contributed by atoms with E-state index in [2.05, 4.69) is 5.32 Å². The number of amides is 1. The van der Waals surface area contributed by atoms with Crippen LogP contribution in [0.4, 0.5) is 4.39 Å². The lowest BCUT2D eigenvalue weighted by Gasteiger charge is -2.39. The van der Waals surface area contributed by atoms with Crippen molar-refractivity contribution in [3.05, 3.63) is 29.6 Å². The van der Waals surface area contributed by atoms with Crippen molar-refractivity contribution >= 4 is 5.91 Å². The predicted octanol–water partition coefficient (Wildman–Crippen LogP) is 0.830. The zero-order valence-corrected chi connectivity index (χ0v) is 12.5. The maximum Gasteiger partial charge on any atom is 0.242 e. The first-order valence-corrected chi connectivity index (χ1v) is 7.10. The van der Waals surface area contributed by atoms with E-state index in [-0.39, 0.29) is 5.56 Å². The van der Waals surface area contributed by atoms with Gasteiger partial charge in [-0.3, -0.25) is 9.69 Å². The molecule has 0 aliphatic carbocycles. The molecule has 3 N–H and O–H groups in total. The highest BCUT2D eigenvalue weighted by Crippen LogP contribution is 2.37. The maximum absolute atomic E-state index is 14.4. The number of nitrogens with one attached hydrogen (secondary N) is 1. The molecule has 0 aromatic heterocycles. The van der Waals surface area contributed by atoms with E-state index >= 15 is 0 Å². The number of carbonyl (C=O) groups is 1. The summed E-state index contributed by atoms with van der Waals surface area (Å²) in [7, 11) is 1.46. The second kappa shape index (κ2) is 6.41. The lowest BCUT2D eigenvalue weighted by Crippen LogP contribution is -2.54. The molecular formula is C15H22FN3O2. The second-order valence-corrected chi connectivity index (χ2v) is 5.34. The third-order valence-corrected chi connectivity index (χ3v) is 4.13. The van der Waals surface area contributed by atoms with Gasteiger partial charge in [0.05, 0.1) is 12.7 Å². The van der Waals surface area contributed by atoms with E-state index in [1.54, 1.807) is 19.1 Å². The van der Waals surface area contributed by atoms with Crippen LogP contribution in [0.15, 0.2) is 18.2 Å². The molecule has 0 saturated carbocycles. The van der Waals surface area contributed by atoms with Crippen LogP contribution >= 0.6 is 0 Å². The first kappa shape index (κ1) is 15.7. The predicted molar refractivity (Wildman–Crippen MR) is 78.6 cm³/mol. The molecule has 21 heavy (non-hydrogen) atoms. The molecule has 0 spiro atoms. The van der Waals surface area contributed by atoms with Crippen LogP contribution in [0.2, 0.25) is 0 Å². The Kier molecular flexibility index (Phi) is 4.80.